The van der Waals surface area contributed by atoms with Crippen molar-refractivity contribution < 1.29 is 33.2 Å². The molecule has 1 fully saturated rings. The largest absolute Gasteiger partial charge is 0.418 e. The monoisotopic (exact) mass is 620 g/mol. The van der Waals surface area contributed by atoms with Crippen LogP contribution < -0.4 is 0 Å². The number of hydrogen-bond donors (Lipinski definition) is 3. The van der Waals surface area contributed by atoms with Gasteiger partial charge in [-0.2, -0.15) is 18.3 Å². The molecule has 4 heterocycles. The fourth-order valence-electron chi connectivity index (χ4n) is 4.20. The van der Waals surface area contributed by atoms with E-state index in [1.165, 1.54) is 46.6 Å². The lowest BCUT2D eigenvalue weighted by molar-refractivity contribution is -0.209. The standard InChI is InChI=1S/C21H17BrClF3N6O4S/c22-9-1-2-10(21(24,25)26)13(5-9)32-12(3-4-27-32)19-18(35)16(17(34)14(7-33)36-19)31-6-11(29-30-31)20-28-15(23)8-37-20/h1-6,8,14,16-19,33-35H,7H2/t14-,16+,17+,18-,19+/m1/s1. The minimum Gasteiger partial charge on any atom is -0.394 e. The Hall–Kier alpha value is -2.40. The Morgan fingerprint density at radius 2 is 1.97 bits per heavy atom. The maximum absolute atomic E-state index is 13.8. The molecule has 0 unspecified atom stereocenters. The van der Waals surface area contributed by atoms with Crippen molar-refractivity contribution in [2.24, 2.45) is 0 Å². The van der Waals surface area contributed by atoms with Crippen LogP contribution in [0.1, 0.15) is 23.4 Å². The average molecular weight is 622 g/mol. The molecule has 0 saturated carbocycles. The summed E-state index contributed by atoms with van der Waals surface area (Å²) in [7, 11) is 0. The van der Waals surface area contributed by atoms with Crippen molar-refractivity contribution in [2.45, 2.75) is 36.6 Å². The molecule has 0 bridgehead atoms. The summed E-state index contributed by atoms with van der Waals surface area (Å²) >= 11 is 10.3. The van der Waals surface area contributed by atoms with Crippen LogP contribution in [0.3, 0.4) is 0 Å². The molecule has 5 atom stereocenters. The molecular formula is C21H17BrClF3N6O4S. The van der Waals surface area contributed by atoms with Crippen LogP contribution in [0.25, 0.3) is 16.4 Å². The number of benzene rings is 1. The lowest BCUT2D eigenvalue weighted by Gasteiger charge is -2.42. The van der Waals surface area contributed by atoms with Gasteiger partial charge in [0.15, 0.2) is 0 Å². The van der Waals surface area contributed by atoms with Crippen molar-refractivity contribution in [3.8, 4) is 16.4 Å². The fraction of sp³-hybridized carbons (Fsp3) is 0.333. The van der Waals surface area contributed by atoms with Gasteiger partial charge in [0.05, 0.1) is 29.7 Å². The molecular weight excluding hydrogens is 605 g/mol. The minimum atomic E-state index is -4.69. The molecule has 0 radical (unpaired) electrons. The van der Waals surface area contributed by atoms with Gasteiger partial charge in [0.25, 0.3) is 0 Å². The number of rotatable bonds is 5. The second-order valence-electron chi connectivity index (χ2n) is 8.14. The molecule has 1 aliphatic heterocycles. The second kappa shape index (κ2) is 10.1. The van der Waals surface area contributed by atoms with Gasteiger partial charge in [0.1, 0.15) is 46.3 Å². The molecule has 37 heavy (non-hydrogen) atoms. The Morgan fingerprint density at radius 1 is 1.19 bits per heavy atom. The normalized spacial score (nSPS) is 24.5. The molecule has 1 saturated heterocycles. The van der Waals surface area contributed by atoms with Crippen LogP contribution in [0.15, 0.2) is 46.5 Å². The summed E-state index contributed by atoms with van der Waals surface area (Å²) in [4.78, 5) is 4.12. The van der Waals surface area contributed by atoms with Gasteiger partial charge in [-0.15, -0.1) is 16.4 Å². The molecule has 0 aliphatic carbocycles. The Kier molecular flexibility index (Phi) is 7.12. The molecule has 5 rings (SSSR count). The molecule has 10 nitrogen and oxygen atoms in total. The molecule has 16 heteroatoms. The first-order valence-electron chi connectivity index (χ1n) is 10.6. The third-order valence-corrected chi connectivity index (χ3v) is 7.54. The van der Waals surface area contributed by atoms with Crippen LogP contribution in [-0.4, -0.2) is 70.0 Å². The van der Waals surface area contributed by atoms with Crippen molar-refractivity contribution in [1.82, 2.24) is 29.8 Å². The Bertz CT molecular complexity index is 1410. The third-order valence-electron chi connectivity index (χ3n) is 5.86. The first-order valence-corrected chi connectivity index (χ1v) is 12.7. The summed E-state index contributed by atoms with van der Waals surface area (Å²) in [5, 5.41) is 46.5. The van der Waals surface area contributed by atoms with Gasteiger partial charge >= 0.3 is 6.18 Å². The van der Waals surface area contributed by atoms with E-state index >= 15 is 0 Å². The molecule has 3 N–H and O–H groups in total. The zero-order chi connectivity index (χ0) is 26.5. The molecule has 0 spiro atoms. The second-order valence-corrected chi connectivity index (χ2v) is 10.3. The lowest BCUT2D eigenvalue weighted by atomic mass is 9.91. The van der Waals surface area contributed by atoms with Crippen LogP contribution in [0.4, 0.5) is 13.2 Å². The van der Waals surface area contributed by atoms with Crippen LogP contribution in [0.2, 0.25) is 5.15 Å². The number of aromatic nitrogens is 6. The highest BCUT2D eigenvalue weighted by molar-refractivity contribution is 9.10. The van der Waals surface area contributed by atoms with Crippen LogP contribution >= 0.6 is 38.9 Å². The number of halogens is 5. The van der Waals surface area contributed by atoms with E-state index in [1.54, 1.807) is 5.38 Å². The van der Waals surface area contributed by atoms with E-state index in [2.05, 4.69) is 36.3 Å². The number of aliphatic hydroxyl groups is 3. The number of hydrogen-bond acceptors (Lipinski definition) is 9. The number of nitrogens with zero attached hydrogens (tertiary/aromatic N) is 6. The highest BCUT2D eigenvalue weighted by atomic mass is 79.9. The van der Waals surface area contributed by atoms with Crippen LogP contribution in [-0.2, 0) is 10.9 Å². The van der Waals surface area contributed by atoms with Crippen molar-refractivity contribution in [2.75, 3.05) is 6.61 Å². The zero-order valence-corrected chi connectivity index (χ0v) is 21.5. The van der Waals surface area contributed by atoms with E-state index in [1.807, 2.05) is 0 Å². The third kappa shape index (κ3) is 4.92. The minimum absolute atomic E-state index is 0.0681. The maximum Gasteiger partial charge on any atom is 0.418 e. The van der Waals surface area contributed by atoms with Gasteiger partial charge in [-0.1, -0.05) is 32.7 Å². The first-order chi connectivity index (χ1) is 17.6. The highest BCUT2D eigenvalue weighted by Gasteiger charge is 2.48. The summed E-state index contributed by atoms with van der Waals surface area (Å²) in [5.74, 6) is 0. The Morgan fingerprint density at radius 3 is 2.65 bits per heavy atom. The summed E-state index contributed by atoms with van der Waals surface area (Å²) in [6.07, 6.45) is -7.43. The number of ether oxygens (including phenoxy) is 1. The van der Waals surface area contributed by atoms with Crippen LogP contribution in [0.5, 0.6) is 0 Å². The predicted octanol–water partition coefficient (Wildman–Crippen LogP) is 3.42. The molecule has 4 aromatic rings. The summed E-state index contributed by atoms with van der Waals surface area (Å²) in [6.45, 7) is -0.636. The van der Waals surface area contributed by atoms with E-state index in [0.29, 0.717) is 15.2 Å². The first kappa shape index (κ1) is 26.2. The fourth-order valence-corrected chi connectivity index (χ4v) is 5.45. The lowest BCUT2D eigenvalue weighted by Crippen LogP contribution is -2.53. The number of aliphatic hydroxyl groups excluding tert-OH is 3. The van der Waals surface area contributed by atoms with Crippen molar-refractivity contribution in [1.29, 1.82) is 0 Å². The van der Waals surface area contributed by atoms with Crippen molar-refractivity contribution in [3.63, 3.8) is 0 Å². The molecule has 0 amide bonds. The van der Waals surface area contributed by atoms with Gasteiger partial charge in [0.2, 0.25) is 0 Å². The van der Waals surface area contributed by atoms with Crippen molar-refractivity contribution >= 4 is 38.9 Å². The molecule has 1 aliphatic rings. The van der Waals surface area contributed by atoms with Gasteiger partial charge in [-0.05, 0) is 24.3 Å². The number of alkyl halides is 3. The van der Waals surface area contributed by atoms with Gasteiger partial charge in [-0.25, -0.2) is 14.3 Å². The Balaban J connectivity index is 1.55. The van der Waals surface area contributed by atoms with Crippen molar-refractivity contribution in [3.05, 3.63) is 62.9 Å². The average Bonchev–Trinajstić information content (AvgIpc) is 3.59. The molecule has 1 aromatic carbocycles. The molecule has 196 valence electrons. The summed E-state index contributed by atoms with van der Waals surface area (Å²) in [5.41, 5.74) is -0.860. The Labute approximate surface area is 224 Å². The van der Waals surface area contributed by atoms with E-state index < -0.39 is 48.8 Å². The van der Waals surface area contributed by atoms with Gasteiger partial charge in [0, 0.05) is 16.0 Å². The summed E-state index contributed by atoms with van der Waals surface area (Å²) in [6, 6.07) is 3.62. The summed E-state index contributed by atoms with van der Waals surface area (Å²) < 4.78 is 49.7. The molecule has 3 aromatic heterocycles. The van der Waals surface area contributed by atoms with E-state index in [-0.39, 0.29) is 16.5 Å². The van der Waals surface area contributed by atoms with E-state index in [4.69, 9.17) is 16.3 Å². The zero-order valence-electron chi connectivity index (χ0n) is 18.4. The number of thiazole rings is 1. The van der Waals surface area contributed by atoms with Gasteiger partial charge < -0.3 is 20.1 Å². The maximum atomic E-state index is 13.8. The smallest absolute Gasteiger partial charge is 0.394 e. The van der Waals surface area contributed by atoms with Crippen LogP contribution in [0, 0.1) is 0 Å². The van der Waals surface area contributed by atoms with E-state index in [0.717, 1.165) is 10.7 Å². The highest BCUT2D eigenvalue weighted by Crippen LogP contribution is 2.41. The SMILES string of the molecule is OC[C@H]1O[C@@H](c2ccnn2-c2cc(Br)ccc2C(F)(F)F)[C@H](O)[C@@H](n2cc(-c3nc(Cl)cs3)nn2)[C@H]1O. The quantitative estimate of drug-likeness (QED) is 0.309. The van der Waals surface area contributed by atoms with E-state index in [9.17, 15) is 28.5 Å². The predicted molar refractivity (Wildman–Crippen MR) is 128 cm³/mol. The van der Waals surface area contributed by atoms with Gasteiger partial charge in [-0.3, -0.25) is 0 Å². The topological polar surface area (TPSA) is 131 Å².